The third-order valence-corrected chi connectivity index (χ3v) is 3.47. The number of ether oxygens (including phenoxy) is 2. The second-order valence-corrected chi connectivity index (χ2v) is 5.30. The molecule has 0 saturated heterocycles. The molecule has 2 aromatic rings. The molecule has 22 heavy (non-hydrogen) atoms. The Morgan fingerprint density at radius 3 is 2.50 bits per heavy atom. The lowest BCUT2D eigenvalue weighted by Crippen LogP contribution is -2.33. The van der Waals surface area contributed by atoms with Gasteiger partial charge in [0.25, 0.3) is 0 Å². The Labute approximate surface area is 131 Å². The van der Waals surface area contributed by atoms with Crippen molar-refractivity contribution in [3.63, 3.8) is 0 Å². The van der Waals surface area contributed by atoms with E-state index in [1.54, 1.807) is 14.2 Å². The van der Waals surface area contributed by atoms with Gasteiger partial charge in [-0.2, -0.15) is 4.98 Å². The Kier molecular flexibility index (Phi) is 5.91. The van der Waals surface area contributed by atoms with Crippen LogP contribution in [0.25, 0.3) is 11.4 Å². The maximum Gasteiger partial charge on any atom is 0.241 e. The molecule has 0 saturated carbocycles. The summed E-state index contributed by atoms with van der Waals surface area (Å²) in [6, 6.07) is 7.97. The van der Waals surface area contributed by atoms with Crippen molar-refractivity contribution in [2.24, 2.45) is 0 Å². The average molecular weight is 305 g/mol. The third kappa shape index (κ3) is 4.29. The first kappa shape index (κ1) is 16.5. The van der Waals surface area contributed by atoms with Gasteiger partial charge in [-0.15, -0.1) is 0 Å². The van der Waals surface area contributed by atoms with Crippen LogP contribution in [0.1, 0.15) is 19.7 Å². The topological polar surface area (TPSA) is 60.6 Å². The standard InChI is InChI=1S/C16H23N3O3/c1-12(2)19(9-10-20-3)11-15-17-16(18-22-15)13-5-7-14(21-4)8-6-13/h5-8,12H,9-11H2,1-4H3. The van der Waals surface area contributed by atoms with Crippen LogP contribution < -0.4 is 4.74 Å². The summed E-state index contributed by atoms with van der Waals surface area (Å²) in [6.45, 7) is 6.39. The lowest BCUT2D eigenvalue weighted by atomic mass is 10.2. The molecule has 0 radical (unpaired) electrons. The first-order valence-corrected chi connectivity index (χ1v) is 7.34. The van der Waals surface area contributed by atoms with Crippen molar-refractivity contribution in [1.82, 2.24) is 15.0 Å². The van der Waals surface area contributed by atoms with Gasteiger partial charge in [-0.3, -0.25) is 4.90 Å². The number of benzene rings is 1. The van der Waals surface area contributed by atoms with Crippen molar-refractivity contribution in [2.75, 3.05) is 27.4 Å². The van der Waals surface area contributed by atoms with Gasteiger partial charge in [-0.05, 0) is 38.1 Å². The fourth-order valence-electron chi connectivity index (χ4n) is 2.08. The minimum absolute atomic E-state index is 0.381. The highest BCUT2D eigenvalue weighted by Crippen LogP contribution is 2.20. The summed E-state index contributed by atoms with van der Waals surface area (Å²) in [6.07, 6.45) is 0. The molecule has 6 heteroatoms. The van der Waals surface area contributed by atoms with E-state index in [0.717, 1.165) is 17.9 Å². The first-order chi connectivity index (χ1) is 10.6. The van der Waals surface area contributed by atoms with Crippen LogP contribution in [0.15, 0.2) is 28.8 Å². The molecular formula is C16H23N3O3. The minimum atomic E-state index is 0.381. The van der Waals surface area contributed by atoms with E-state index in [0.29, 0.717) is 30.9 Å². The fraction of sp³-hybridized carbons (Fsp3) is 0.500. The molecule has 0 aliphatic carbocycles. The van der Waals surface area contributed by atoms with Crippen molar-refractivity contribution >= 4 is 0 Å². The molecular weight excluding hydrogens is 282 g/mol. The molecule has 0 N–H and O–H groups in total. The average Bonchev–Trinajstić information content (AvgIpc) is 3.00. The fourth-order valence-corrected chi connectivity index (χ4v) is 2.08. The lowest BCUT2D eigenvalue weighted by Gasteiger charge is -2.24. The van der Waals surface area contributed by atoms with E-state index in [1.165, 1.54) is 0 Å². The zero-order valence-electron chi connectivity index (χ0n) is 13.6. The van der Waals surface area contributed by atoms with Crippen molar-refractivity contribution < 1.29 is 14.0 Å². The third-order valence-electron chi connectivity index (χ3n) is 3.47. The summed E-state index contributed by atoms with van der Waals surface area (Å²) in [7, 11) is 3.34. The van der Waals surface area contributed by atoms with Gasteiger partial charge in [0.15, 0.2) is 0 Å². The zero-order chi connectivity index (χ0) is 15.9. The van der Waals surface area contributed by atoms with Crippen LogP contribution in [0.4, 0.5) is 0 Å². The molecule has 1 aromatic heterocycles. The molecule has 0 fully saturated rings. The van der Waals surface area contributed by atoms with Gasteiger partial charge in [-0.25, -0.2) is 0 Å². The predicted octanol–water partition coefficient (Wildman–Crippen LogP) is 2.60. The van der Waals surface area contributed by atoms with Gasteiger partial charge in [0, 0.05) is 25.3 Å². The maximum atomic E-state index is 5.36. The van der Waals surface area contributed by atoms with Gasteiger partial charge in [-0.1, -0.05) is 5.16 Å². The highest BCUT2D eigenvalue weighted by atomic mass is 16.5. The van der Waals surface area contributed by atoms with Crippen LogP contribution in [0.2, 0.25) is 0 Å². The highest BCUT2D eigenvalue weighted by molar-refractivity contribution is 5.55. The molecule has 0 aliphatic heterocycles. The van der Waals surface area contributed by atoms with E-state index in [1.807, 2.05) is 24.3 Å². The second kappa shape index (κ2) is 7.91. The van der Waals surface area contributed by atoms with E-state index in [9.17, 15) is 0 Å². The van der Waals surface area contributed by atoms with Crippen molar-refractivity contribution in [2.45, 2.75) is 26.4 Å². The van der Waals surface area contributed by atoms with Gasteiger partial charge >= 0.3 is 0 Å². The largest absolute Gasteiger partial charge is 0.497 e. The van der Waals surface area contributed by atoms with Crippen LogP contribution in [0.3, 0.4) is 0 Å². The zero-order valence-corrected chi connectivity index (χ0v) is 13.6. The Hall–Kier alpha value is -1.92. The smallest absolute Gasteiger partial charge is 0.241 e. The molecule has 0 atom stereocenters. The van der Waals surface area contributed by atoms with Gasteiger partial charge in [0.05, 0.1) is 20.3 Å². The van der Waals surface area contributed by atoms with E-state index < -0.39 is 0 Å². The normalized spacial score (nSPS) is 11.4. The molecule has 2 rings (SSSR count). The number of hydrogen-bond donors (Lipinski definition) is 0. The molecule has 1 heterocycles. The van der Waals surface area contributed by atoms with Crippen molar-refractivity contribution in [3.8, 4) is 17.1 Å². The van der Waals surface area contributed by atoms with Crippen LogP contribution >= 0.6 is 0 Å². The Balaban J connectivity index is 2.06. The van der Waals surface area contributed by atoms with Crippen molar-refractivity contribution in [1.29, 1.82) is 0 Å². The molecule has 0 amide bonds. The maximum absolute atomic E-state index is 5.36. The second-order valence-electron chi connectivity index (χ2n) is 5.30. The Morgan fingerprint density at radius 1 is 1.18 bits per heavy atom. The highest BCUT2D eigenvalue weighted by Gasteiger charge is 2.15. The minimum Gasteiger partial charge on any atom is -0.497 e. The first-order valence-electron chi connectivity index (χ1n) is 7.34. The molecule has 0 aliphatic rings. The summed E-state index contributed by atoms with van der Waals surface area (Å²) in [5.74, 6) is 2.00. The van der Waals surface area contributed by atoms with E-state index in [-0.39, 0.29) is 0 Å². The molecule has 6 nitrogen and oxygen atoms in total. The monoisotopic (exact) mass is 305 g/mol. The Morgan fingerprint density at radius 2 is 1.91 bits per heavy atom. The van der Waals surface area contributed by atoms with Crippen LogP contribution in [-0.2, 0) is 11.3 Å². The summed E-state index contributed by atoms with van der Waals surface area (Å²) in [4.78, 5) is 6.70. The van der Waals surface area contributed by atoms with Crippen LogP contribution in [-0.4, -0.2) is 48.5 Å². The number of hydrogen-bond acceptors (Lipinski definition) is 6. The van der Waals surface area contributed by atoms with Gasteiger partial charge in [0.2, 0.25) is 11.7 Å². The van der Waals surface area contributed by atoms with Gasteiger partial charge in [0.1, 0.15) is 5.75 Å². The summed E-state index contributed by atoms with van der Waals surface area (Å²) in [5, 5.41) is 4.05. The number of methoxy groups -OCH3 is 2. The predicted molar refractivity (Wildman–Crippen MR) is 83.7 cm³/mol. The lowest BCUT2D eigenvalue weighted by molar-refractivity contribution is 0.115. The van der Waals surface area contributed by atoms with Crippen LogP contribution in [0, 0.1) is 0 Å². The summed E-state index contributed by atoms with van der Waals surface area (Å²) < 4.78 is 15.6. The van der Waals surface area contributed by atoms with E-state index in [2.05, 4.69) is 28.9 Å². The van der Waals surface area contributed by atoms with Crippen LogP contribution in [0.5, 0.6) is 5.75 Å². The number of aromatic nitrogens is 2. The molecule has 1 aromatic carbocycles. The molecule has 0 unspecified atom stereocenters. The summed E-state index contributed by atoms with van der Waals surface area (Å²) in [5.41, 5.74) is 0.906. The molecule has 120 valence electrons. The molecule has 0 spiro atoms. The number of nitrogens with zero attached hydrogens (tertiary/aromatic N) is 3. The van der Waals surface area contributed by atoms with Gasteiger partial charge < -0.3 is 14.0 Å². The Bertz CT molecular complexity index is 566. The quantitative estimate of drug-likeness (QED) is 0.747. The van der Waals surface area contributed by atoms with E-state index in [4.69, 9.17) is 14.0 Å². The SMILES string of the molecule is COCCN(Cc1nc(-c2ccc(OC)cc2)no1)C(C)C. The number of rotatable bonds is 8. The van der Waals surface area contributed by atoms with Crippen molar-refractivity contribution in [3.05, 3.63) is 30.2 Å². The summed E-state index contributed by atoms with van der Waals surface area (Å²) >= 11 is 0. The van der Waals surface area contributed by atoms with E-state index >= 15 is 0 Å². The molecule has 0 bridgehead atoms.